The first-order chi connectivity index (χ1) is 10.2. The van der Waals surface area contributed by atoms with Gasteiger partial charge < -0.3 is 0 Å². The lowest BCUT2D eigenvalue weighted by Gasteiger charge is -2.31. The molecule has 0 bridgehead atoms. The second-order valence-electron chi connectivity index (χ2n) is 5.18. The minimum Gasteiger partial charge on any atom is -0.213 e. The van der Waals surface area contributed by atoms with E-state index in [1.54, 1.807) is 12.1 Å². The van der Waals surface area contributed by atoms with E-state index < -0.39 is 20.0 Å². The predicted molar refractivity (Wildman–Crippen MR) is 80.9 cm³/mol. The third-order valence-corrected chi connectivity index (χ3v) is 6.18. The predicted octanol–water partition coefficient (Wildman–Crippen LogP) is 0.261. The Hall–Kier alpha value is -1.47. The fourth-order valence-corrected chi connectivity index (χ4v) is 4.89. The van der Waals surface area contributed by atoms with Crippen LogP contribution in [0.15, 0.2) is 29.2 Å². The maximum absolute atomic E-state index is 12.6. The van der Waals surface area contributed by atoms with Crippen molar-refractivity contribution in [2.45, 2.75) is 23.8 Å². The van der Waals surface area contributed by atoms with E-state index >= 15 is 0 Å². The zero-order valence-corrected chi connectivity index (χ0v) is 13.7. The largest absolute Gasteiger partial charge is 0.244 e. The van der Waals surface area contributed by atoms with E-state index in [1.165, 1.54) is 16.4 Å². The average molecular weight is 343 g/mol. The molecule has 22 heavy (non-hydrogen) atoms. The van der Waals surface area contributed by atoms with Crippen molar-refractivity contribution in [3.63, 3.8) is 0 Å². The van der Waals surface area contributed by atoms with Gasteiger partial charge in [0.1, 0.15) is 6.07 Å². The van der Waals surface area contributed by atoms with Gasteiger partial charge in [0.05, 0.1) is 16.7 Å². The Bertz CT molecular complexity index is 789. The van der Waals surface area contributed by atoms with Gasteiger partial charge in [-0.1, -0.05) is 12.1 Å². The molecule has 0 spiro atoms. The van der Waals surface area contributed by atoms with Crippen LogP contribution in [0.2, 0.25) is 0 Å². The lowest BCUT2D eigenvalue weighted by atomic mass is 10.1. The molecular weight excluding hydrogens is 326 g/mol. The summed E-state index contributed by atoms with van der Waals surface area (Å²) < 4.78 is 51.4. The maximum atomic E-state index is 12.6. The number of nitrogens with zero attached hydrogens (tertiary/aromatic N) is 2. The molecule has 9 heteroatoms. The summed E-state index contributed by atoms with van der Waals surface area (Å²) in [5.74, 6) is 0. The first-order valence-electron chi connectivity index (χ1n) is 6.70. The van der Waals surface area contributed by atoms with Gasteiger partial charge >= 0.3 is 0 Å². The van der Waals surface area contributed by atoms with Crippen LogP contribution in [0.4, 0.5) is 0 Å². The van der Waals surface area contributed by atoms with Crippen LogP contribution < -0.4 is 4.72 Å². The van der Waals surface area contributed by atoms with E-state index in [-0.39, 0.29) is 29.6 Å². The molecule has 1 aromatic rings. The smallest absolute Gasteiger partial charge is 0.213 e. The SMILES string of the molecule is CS(=O)(=O)NC1CCN(S(=O)(=O)c2ccccc2C#N)CC1. The molecule has 1 N–H and O–H groups in total. The van der Waals surface area contributed by atoms with E-state index in [4.69, 9.17) is 5.26 Å². The second kappa shape index (κ2) is 6.34. The van der Waals surface area contributed by atoms with Gasteiger partial charge in [-0.15, -0.1) is 0 Å². The summed E-state index contributed by atoms with van der Waals surface area (Å²) >= 11 is 0. The molecule has 0 atom stereocenters. The Balaban J connectivity index is 2.15. The second-order valence-corrected chi connectivity index (χ2v) is 8.86. The summed E-state index contributed by atoms with van der Waals surface area (Å²) in [5, 5.41) is 9.04. The highest BCUT2D eigenvalue weighted by molar-refractivity contribution is 7.89. The van der Waals surface area contributed by atoms with Crippen LogP contribution in [0.3, 0.4) is 0 Å². The lowest BCUT2D eigenvalue weighted by molar-refractivity contribution is 0.308. The molecule has 0 amide bonds. The summed E-state index contributed by atoms with van der Waals surface area (Å²) in [6.45, 7) is 0.435. The zero-order chi connectivity index (χ0) is 16.4. The fraction of sp³-hybridized carbons (Fsp3) is 0.462. The van der Waals surface area contributed by atoms with E-state index in [9.17, 15) is 16.8 Å². The van der Waals surface area contributed by atoms with Gasteiger partial charge in [0.2, 0.25) is 20.0 Å². The zero-order valence-electron chi connectivity index (χ0n) is 12.1. The van der Waals surface area contributed by atoms with E-state index in [1.807, 2.05) is 6.07 Å². The molecule has 7 nitrogen and oxygen atoms in total. The van der Waals surface area contributed by atoms with Crippen LogP contribution in [0.25, 0.3) is 0 Å². The molecule has 1 fully saturated rings. The summed E-state index contributed by atoms with van der Waals surface area (Å²) in [6, 6.07) is 7.69. The maximum Gasteiger partial charge on any atom is 0.244 e. The van der Waals surface area contributed by atoms with Gasteiger partial charge in [0.15, 0.2) is 0 Å². The molecule has 1 aliphatic rings. The number of sulfonamides is 2. The molecule has 1 saturated heterocycles. The number of rotatable bonds is 4. The van der Waals surface area contributed by atoms with Gasteiger partial charge in [0.25, 0.3) is 0 Å². The standard InChI is InChI=1S/C13H17N3O4S2/c1-21(17,18)15-12-6-8-16(9-7-12)22(19,20)13-5-3-2-4-11(13)10-14/h2-5,12,15H,6-9H2,1H3. The van der Waals surface area contributed by atoms with Gasteiger partial charge in [0, 0.05) is 19.1 Å². The summed E-state index contributed by atoms with van der Waals surface area (Å²) in [4.78, 5) is -0.00739. The first-order valence-corrected chi connectivity index (χ1v) is 10.0. The molecule has 0 saturated carbocycles. The topological polar surface area (TPSA) is 107 Å². The number of nitrogens with one attached hydrogen (secondary N) is 1. The van der Waals surface area contributed by atoms with Crippen LogP contribution in [-0.4, -0.2) is 46.5 Å². The van der Waals surface area contributed by atoms with Gasteiger partial charge in [-0.25, -0.2) is 21.6 Å². The van der Waals surface area contributed by atoms with Crippen LogP contribution >= 0.6 is 0 Å². The van der Waals surface area contributed by atoms with Crippen LogP contribution in [-0.2, 0) is 20.0 Å². The van der Waals surface area contributed by atoms with Gasteiger partial charge in [-0.05, 0) is 25.0 Å². The van der Waals surface area contributed by atoms with Crippen molar-refractivity contribution in [2.75, 3.05) is 19.3 Å². The van der Waals surface area contributed by atoms with Crippen LogP contribution in [0, 0.1) is 11.3 Å². The van der Waals surface area contributed by atoms with Crippen LogP contribution in [0.5, 0.6) is 0 Å². The molecule has 0 aliphatic carbocycles. The summed E-state index contributed by atoms with van der Waals surface area (Å²) in [7, 11) is -7.04. The summed E-state index contributed by atoms with van der Waals surface area (Å²) in [6.07, 6.45) is 1.89. The molecule has 0 unspecified atom stereocenters. The minimum absolute atomic E-state index is 0.00739. The van der Waals surface area contributed by atoms with Gasteiger partial charge in [-0.2, -0.15) is 9.57 Å². The Morgan fingerprint density at radius 1 is 1.18 bits per heavy atom. The monoisotopic (exact) mass is 343 g/mol. The Kier molecular flexibility index (Phi) is 4.87. The number of piperidine rings is 1. The van der Waals surface area contributed by atoms with Crippen molar-refractivity contribution in [3.05, 3.63) is 29.8 Å². The van der Waals surface area contributed by atoms with Gasteiger partial charge in [-0.3, -0.25) is 0 Å². The number of benzene rings is 1. The van der Waals surface area contributed by atoms with Crippen molar-refractivity contribution in [2.24, 2.45) is 0 Å². The Labute approximate surface area is 130 Å². The van der Waals surface area contributed by atoms with E-state index in [2.05, 4.69) is 4.72 Å². The molecule has 1 heterocycles. The quantitative estimate of drug-likeness (QED) is 0.844. The third kappa shape index (κ3) is 3.84. The number of hydrogen-bond donors (Lipinski definition) is 1. The number of hydrogen-bond acceptors (Lipinski definition) is 5. The Morgan fingerprint density at radius 2 is 1.77 bits per heavy atom. The van der Waals surface area contributed by atoms with Crippen molar-refractivity contribution >= 4 is 20.0 Å². The molecule has 2 rings (SSSR count). The molecule has 120 valence electrons. The fourth-order valence-electron chi connectivity index (χ4n) is 2.44. The highest BCUT2D eigenvalue weighted by Crippen LogP contribution is 2.23. The van der Waals surface area contributed by atoms with Crippen molar-refractivity contribution in [1.29, 1.82) is 5.26 Å². The number of nitriles is 1. The molecule has 1 aromatic carbocycles. The Morgan fingerprint density at radius 3 is 2.32 bits per heavy atom. The highest BCUT2D eigenvalue weighted by Gasteiger charge is 2.31. The van der Waals surface area contributed by atoms with Crippen molar-refractivity contribution in [1.82, 2.24) is 9.03 Å². The normalized spacial score (nSPS) is 18.0. The van der Waals surface area contributed by atoms with E-state index in [0.29, 0.717) is 12.8 Å². The third-order valence-electron chi connectivity index (χ3n) is 3.46. The minimum atomic E-state index is -3.74. The highest BCUT2D eigenvalue weighted by atomic mass is 32.2. The molecule has 0 aromatic heterocycles. The first kappa shape index (κ1) is 16.9. The molecular formula is C13H17N3O4S2. The summed E-state index contributed by atoms with van der Waals surface area (Å²) in [5.41, 5.74) is 0.110. The van der Waals surface area contributed by atoms with E-state index in [0.717, 1.165) is 6.26 Å². The van der Waals surface area contributed by atoms with Crippen molar-refractivity contribution < 1.29 is 16.8 Å². The van der Waals surface area contributed by atoms with Crippen molar-refractivity contribution in [3.8, 4) is 6.07 Å². The molecule has 1 aliphatic heterocycles. The lowest BCUT2D eigenvalue weighted by Crippen LogP contribution is -2.46. The van der Waals surface area contributed by atoms with Crippen LogP contribution in [0.1, 0.15) is 18.4 Å². The molecule has 0 radical (unpaired) electrons. The average Bonchev–Trinajstić information content (AvgIpc) is 2.46.